The summed E-state index contributed by atoms with van der Waals surface area (Å²) < 4.78 is 0. The topological polar surface area (TPSA) is 29.1 Å². The molecule has 3 unspecified atom stereocenters. The molecule has 2 rings (SSSR count). The molecule has 1 aliphatic rings. The summed E-state index contributed by atoms with van der Waals surface area (Å²) in [4.78, 5) is 11.2. The predicted molar refractivity (Wildman–Crippen MR) is 70.2 cm³/mol. The largest absolute Gasteiger partial charge is 0.307 e. The van der Waals surface area contributed by atoms with Gasteiger partial charge in [0.05, 0.1) is 0 Å². The van der Waals surface area contributed by atoms with Crippen LogP contribution in [-0.2, 0) is 0 Å². The van der Waals surface area contributed by atoms with Crippen LogP contribution < -0.4 is 5.32 Å². The summed E-state index contributed by atoms with van der Waals surface area (Å²) in [6.45, 7) is 6.17. The van der Waals surface area contributed by atoms with Gasteiger partial charge in [0.25, 0.3) is 0 Å². The van der Waals surface area contributed by atoms with E-state index in [9.17, 15) is 4.79 Å². The van der Waals surface area contributed by atoms with Crippen LogP contribution in [-0.4, -0.2) is 11.8 Å². The Morgan fingerprint density at radius 3 is 2.35 bits per heavy atom. The van der Waals surface area contributed by atoms with Gasteiger partial charge in [-0.2, -0.15) is 0 Å². The number of piperidine rings is 1. The van der Waals surface area contributed by atoms with Crippen LogP contribution in [0.4, 0.5) is 0 Å². The van der Waals surface area contributed by atoms with Crippen LogP contribution in [0, 0.1) is 5.92 Å². The molecule has 0 spiro atoms. The number of ketones is 1. The van der Waals surface area contributed by atoms with Crippen molar-refractivity contribution in [3.63, 3.8) is 0 Å². The molecule has 0 bridgehead atoms. The Morgan fingerprint density at radius 1 is 1.18 bits per heavy atom. The van der Waals surface area contributed by atoms with Gasteiger partial charge in [-0.25, -0.2) is 0 Å². The van der Waals surface area contributed by atoms with E-state index in [2.05, 4.69) is 31.3 Å². The van der Waals surface area contributed by atoms with Crippen LogP contribution in [0.1, 0.15) is 55.6 Å². The molecule has 1 aromatic rings. The van der Waals surface area contributed by atoms with Crippen molar-refractivity contribution in [2.24, 2.45) is 5.92 Å². The molecule has 1 aromatic carbocycles. The van der Waals surface area contributed by atoms with Crippen molar-refractivity contribution in [2.75, 3.05) is 0 Å². The van der Waals surface area contributed by atoms with Crippen LogP contribution >= 0.6 is 0 Å². The number of carbonyl (C=O) groups is 1. The zero-order valence-corrected chi connectivity index (χ0v) is 10.9. The maximum atomic E-state index is 11.2. The van der Waals surface area contributed by atoms with Gasteiger partial charge < -0.3 is 5.32 Å². The molecule has 2 nitrogen and oxygen atoms in total. The Balaban J connectivity index is 2.14. The molecule has 0 aliphatic carbocycles. The maximum absolute atomic E-state index is 11.2. The van der Waals surface area contributed by atoms with Gasteiger partial charge in [-0.15, -0.1) is 0 Å². The fourth-order valence-electron chi connectivity index (χ4n) is 2.76. The molecule has 17 heavy (non-hydrogen) atoms. The Morgan fingerprint density at radius 2 is 1.82 bits per heavy atom. The van der Waals surface area contributed by atoms with Gasteiger partial charge in [0, 0.05) is 17.6 Å². The summed E-state index contributed by atoms with van der Waals surface area (Å²) in [5.74, 6) is 0.902. The van der Waals surface area contributed by atoms with Crippen molar-refractivity contribution < 1.29 is 4.79 Å². The fourth-order valence-corrected chi connectivity index (χ4v) is 2.76. The summed E-state index contributed by atoms with van der Waals surface area (Å²) in [7, 11) is 0. The molecule has 1 saturated heterocycles. The van der Waals surface area contributed by atoms with E-state index in [1.165, 1.54) is 18.4 Å². The molecule has 0 saturated carbocycles. The van der Waals surface area contributed by atoms with Gasteiger partial charge in [-0.05, 0) is 38.2 Å². The summed E-state index contributed by atoms with van der Waals surface area (Å²) in [5.41, 5.74) is 2.10. The van der Waals surface area contributed by atoms with Crippen LogP contribution in [0.2, 0.25) is 0 Å². The zero-order valence-electron chi connectivity index (χ0n) is 10.9. The minimum absolute atomic E-state index is 0.134. The van der Waals surface area contributed by atoms with Gasteiger partial charge in [-0.3, -0.25) is 4.79 Å². The molecule has 1 aliphatic heterocycles. The lowest BCUT2D eigenvalue weighted by molar-refractivity contribution is 0.101. The van der Waals surface area contributed by atoms with E-state index >= 15 is 0 Å². The summed E-state index contributed by atoms with van der Waals surface area (Å²) in [6.07, 6.45) is 2.44. The highest BCUT2D eigenvalue weighted by Crippen LogP contribution is 2.29. The van der Waals surface area contributed by atoms with E-state index in [4.69, 9.17) is 0 Å². The van der Waals surface area contributed by atoms with E-state index in [-0.39, 0.29) is 5.78 Å². The quantitative estimate of drug-likeness (QED) is 0.791. The second kappa shape index (κ2) is 5.01. The highest BCUT2D eigenvalue weighted by molar-refractivity contribution is 5.94. The van der Waals surface area contributed by atoms with Crippen LogP contribution in [0.5, 0.6) is 0 Å². The van der Waals surface area contributed by atoms with Crippen molar-refractivity contribution >= 4 is 5.78 Å². The average molecular weight is 231 g/mol. The first-order chi connectivity index (χ1) is 8.06. The third kappa shape index (κ3) is 2.95. The predicted octanol–water partition coefficient (Wildman–Crippen LogP) is 3.34. The monoisotopic (exact) mass is 231 g/mol. The van der Waals surface area contributed by atoms with Crippen LogP contribution in [0.15, 0.2) is 24.3 Å². The van der Waals surface area contributed by atoms with Crippen molar-refractivity contribution in [3.8, 4) is 0 Å². The zero-order chi connectivity index (χ0) is 12.4. The normalized spacial score (nSPS) is 29.0. The third-order valence-corrected chi connectivity index (χ3v) is 3.60. The number of hydrogen-bond donors (Lipinski definition) is 1. The third-order valence-electron chi connectivity index (χ3n) is 3.60. The van der Waals surface area contributed by atoms with E-state index in [0.29, 0.717) is 12.1 Å². The van der Waals surface area contributed by atoms with Crippen LogP contribution in [0.25, 0.3) is 0 Å². The second-order valence-corrected chi connectivity index (χ2v) is 5.38. The van der Waals surface area contributed by atoms with Crippen molar-refractivity contribution in [3.05, 3.63) is 35.4 Å². The summed E-state index contributed by atoms with van der Waals surface area (Å²) >= 11 is 0. The number of Topliss-reactive ketones (excluding diaryl/α,β-unsaturated/α-hetero) is 1. The molecular weight excluding hydrogens is 210 g/mol. The molecule has 0 amide bonds. The van der Waals surface area contributed by atoms with Gasteiger partial charge in [-0.1, -0.05) is 31.2 Å². The van der Waals surface area contributed by atoms with Crippen LogP contribution in [0.3, 0.4) is 0 Å². The van der Waals surface area contributed by atoms with E-state index in [0.717, 1.165) is 11.5 Å². The number of nitrogens with one attached hydrogen (secondary N) is 1. The van der Waals surface area contributed by atoms with E-state index in [1.807, 2.05) is 12.1 Å². The lowest BCUT2D eigenvalue weighted by atomic mass is 9.86. The molecule has 2 heteroatoms. The van der Waals surface area contributed by atoms with Crippen molar-refractivity contribution in [1.29, 1.82) is 0 Å². The number of carbonyl (C=O) groups excluding carboxylic acids is 1. The first kappa shape index (κ1) is 12.3. The van der Waals surface area contributed by atoms with E-state index < -0.39 is 0 Å². The molecule has 0 aromatic heterocycles. The van der Waals surface area contributed by atoms with Gasteiger partial charge in [0.2, 0.25) is 0 Å². The molecule has 1 heterocycles. The standard InChI is InChI=1S/C15H21NO/c1-10-8-11(2)16-15(9-10)14-6-4-13(5-7-14)12(3)17/h4-7,10-11,15-16H,8-9H2,1-3H3. The molecular formula is C15H21NO. The van der Waals surface area contributed by atoms with Crippen molar-refractivity contribution in [1.82, 2.24) is 5.32 Å². The molecule has 3 atom stereocenters. The molecule has 1 fully saturated rings. The SMILES string of the molecule is CC(=O)c1ccc(C2CC(C)CC(C)N2)cc1. The first-order valence-corrected chi connectivity index (χ1v) is 6.43. The highest BCUT2D eigenvalue weighted by atomic mass is 16.1. The number of hydrogen-bond acceptors (Lipinski definition) is 2. The minimum Gasteiger partial charge on any atom is -0.307 e. The van der Waals surface area contributed by atoms with Crippen molar-refractivity contribution in [2.45, 2.75) is 45.7 Å². The second-order valence-electron chi connectivity index (χ2n) is 5.38. The van der Waals surface area contributed by atoms with Gasteiger partial charge in [0.1, 0.15) is 0 Å². The average Bonchev–Trinajstić information content (AvgIpc) is 2.28. The van der Waals surface area contributed by atoms with Gasteiger partial charge >= 0.3 is 0 Å². The number of rotatable bonds is 2. The molecule has 0 radical (unpaired) electrons. The Kier molecular flexibility index (Phi) is 3.63. The maximum Gasteiger partial charge on any atom is 0.159 e. The summed E-state index contributed by atoms with van der Waals surface area (Å²) in [5, 5.41) is 3.63. The lowest BCUT2D eigenvalue weighted by Crippen LogP contribution is -2.37. The Labute approximate surface area is 103 Å². The van der Waals surface area contributed by atoms with Gasteiger partial charge in [0.15, 0.2) is 5.78 Å². The summed E-state index contributed by atoms with van der Waals surface area (Å²) in [6, 6.07) is 9.05. The highest BCUT2D eigenvalue weighted by Gasteiger charge is 2.23. The fraction of sp³-hybridized carbons (Fsp3) is 0.533. The first-order valence-electron chi connectivity index (χ1n) is 6.43. The lowest BCUT2D eigenvalue weighted by Gasteiger charge is -2.33. The minimum atomic E-state index is 0.134. The number of benzene rings is 1. The Hall–Kier alpha value is -1.15. The van der Waals surface area contributed by atoms with E-state index in [1.54, 1.807) is 6.92 Å². The molecule has 1 N–H and O–H groups in total. The smallest absolute Gasteiger partial charge is 0.159 e. The Bertz CT molecular complexity index is 386. The molecule has 92 valence electrons.